The number of primary amides is 1. The summed E-state index contributed by atoms with van der Waals surface area (Å²) in [5, 5.41) is 4.53. The van der Waals surface area contributed by atoms with Crippen LogP contribution in [-0.2, 0) is 6.42 Å². The maximum absolute atomic E-state index is 11.4. The number of nitrogens with one attached hydrogen (secondary N) is 1. The molecule has 0 saturated heterocycles. The highest BCUT2D eigenvalue weighted by Crippen LogP contribution is 2.20. The average Bonchev–Trinajstić information content (AvgIpc) is 2.75. The maximum Gasteiger partial charge on any atom is 0.248 e. The fourth-order valence-electron chi connectivity index (χ4n) is 3.93. The minimum atomic E-state index is -0.353. The van der Waals surface area contributed by atoms with Crippen LogP contribution in [0.3, 0.4) is 0 Å². The van der Waals surface area contributed by atoms with E-state index >= 15 is 0 Å². The van der Waals surface area contributed by atoms with Crippen molar-refractivity contribution in [2.45, 2.75) is 110 Å². The first-order chi connectivity index (χ1) is 14.7. The summed E-state index contributed by atoms with van der Waals surface area (Å²) in [5.41, 5.74) is 8.37. The number of anilines is 1. The lowest BCUT2D eigenvalue weighted by Gasteiger charge is -2.13. The zero-order valence-electron chi connectivity index (χ0n) is 19.3. The Balaban J connectivity index is 2.05. The van der Waals surface area contributed by atoms with Crippen molar-refractivity contribution in [2.24, 2.45) is 5.73 Å². The predicted molar refractivity (Wildman–Crippen MR) is 136 cm³/mol. The largest absolute Gasteiger partial charge is 0.385 e. The zero-order chi connectivity index (χ0) is 21.9. The van der Waals surface area contributed by atoms with Crippen molar-refractivity contribution in [3.05, 3.63) is 29.3 Å². The van der Waals surface area contributed by atoms with Gasteiger partial charge in [0.15, 0.2) is 0 Å². The third-order valence-corrected chi connectivity index (χ3v) is 6.38. The number of amides is 1. The van der Waals surface area contributed by atoms with Crippen molar-refractivity contribution in [2.75, 3.05) is 17.2 Å². The van der Waals surface area contributed by atoms with E-state index in [1.54, 1.807) is 0 Å². The van der Waals surface area contributed by atoms with Crippen molar-refractivity contribution >= 4 is 27.5 Å². The van der Waals surface area contributed by atoms with Crippen molar-refractivity contribution < 1.29 is 4.79 Å². The molecule has 0 unspecified atom stereocenters. The van der Waals surface area contributed by atoms with Gasteiger partial charge in [0.25, 0.3) is 0 Å². The Morgan fingerprint density at radius 1 is 0.833 bits per heavy atom. The molecule has 0 bridgehead atoms. The molecule has 0 radical (unpaired) electrons. The molecule has 1 aromatic carbocycles. The van der Waals surface area contributed by atoms with Crippen LogP contribution in [0, 0.1) is 0 Å². The number of alkyl halides is 1. The molecule has 3 N–H and O–H groups in total. The Morgan fingerprint density at radius 2 is 1.37 bits per heavy atom. The van der Waals surface area contributed by atoms with Gasteiger partial charge in [0, 0.05) is 23.1 Å². The number of unbranched alkanes of at least 4 members (excludes halogenated alkanes) is 13. The molecule has 172 valence electrons. The number of hydrogen-bond acceptors (Lipinski definition) is 2. The molecule has 0 aliphatic heterocycles. The monoisotopic (exact) mass is 480 g/mol. The van der Waals surface area contributed by atoms with Crippen molar-refractivity contribution in [3.63, 3.8) is 0 Å². The third-order valence-electron chi connectivity index (χ3n) is 5.82. The summed E-state index contributed by atoms with van der Waals surface area (Å²) < 4.78 is 0. The second-order valence-electron chi connectivity index (χ2n) is 8.55. The smallest absolute Gasteiger partial charge is 0.248 e. The Kier molecular flexibility index (Phi) is 16.8. The van der Waals surface area contributed by atoms with Gasteiger partial charge in [0.2, 0.25) is 5.91 Å². The number of carbonyl (C=O) groups is 1. The topological polar surface area (TPSA) is 55.1 Å². The molecule has 0 heterocycles. The first-order valence-corrected chi connectivity index (χ1v) is 13.5. The first-order valence-electron chi connectivity index (χ1n) is 12.4. The van der Waals surface area contributed by atoms with Gasteiger partial charge in [-0.25, -0.2) is 0 Å². The lowest BCUT2D eigenvalue weighted by Crippen LogP contribution is -2.12. The minimum Gasteiger partial charge on any atom is -0.385 e. The summed E-state index contributed by atoms with van der Waals surface area (Å²) in [6.07, 6.45) is 21.4. The van der Waals surface area contributed by atoms with Crippen molar-refractivity contribution in [3.8, 4) is 0 Å². The van der Waals surface area contributed by atoms with Crippen LogP contribution in [0.5, 0.6) is 0 Å². The fourth-order valence-corrected chi connectivity index (χ4v) is 4.21. The van der Waals surface area contributed by atoms with E-state index in [9.17, 15) is 4.79 Å². The van der Waals surface area contributed by atoms with Crippen LogP contribution < -0.4 is 11.1 Å². The van der Waals surface area contributed by atoms with Gasteiger partial charge < -0.3 is 11.1 Å². The molecule has 0 atom stereocenters. The maximum atomic E-state index is 11.4. The van der Waals surface area contributed by atoms with Crippen LogP contribution in [0.4, 0.5) is 5.69 Å². The molecule has 1 amide bonds. The molecule has 0 aromatic heterocycles. The highest BCUT2D eigenvalue weighted by Gasteiger charge is 2.07. The number of nitrogens with two attached hydrogens (primary N) is 1. The highest BCUT2D eigenvalue weighted by atomic mass is 79.9. The van der Waals surface area contributed by atoms with E-state index in [1.165, 1.54) is 95.5 Å². The summed E-state index contributed by atoms with van der Waals surface area (Å²) in [5.74, 6) is -0.353. The Labute approximate surface area is 194 Å². The van der Waals surface area contributed by atoms with Crippen LogP contribution in [0.15, 0.2) is 18.2 Å². The van der Waals surface area contributed by atoms with Gasteiger partial charge in [0.1, 0.15) is 0 Å². The van der Waals surface area contributed by atoms with Gasteiger partial charge in [-0.3, -0.25) is 4.79 Å². The average molecular weight is 482 g/mol. The summed E-state index contributed by atoms with van der Waals surface area (Å²) in [6.45, 7) is 3.28. The number of carbonyl (C=O) groups excluding carboxylic acids is 1. The molecular weight excluding hydrogens is 436 g/mol. The second kappa shape index (κ2) is 18.7. The van der Waals surface area contributed by atoms with E-state index < -0.39 is 0 Å². The second-order valence-corrected chi connectivity index (χ2v) is 9.34. The lowest BCUT2D eigenvalue weighted by molar-refractivity contribution is 0.1000. The molecule has 1 rings (SSSR count). The number of rotatable bonds is 20. The lowest BCUT2D eigenvalue weighted by atomic mass is 10.0. The number of aryl methyl sites for hydroxylation is 1. The van der Waals surface area contributed by atoms with E-state index in [-0.39, 0.29) is 5.91 Å². The van der Waals surface area contributed by atoms with Crippen LogP contribution in [-0.4, -0.2) is 17.8 Å². The minimum absolute atomic E-state index is 0.353. The fraction of sp³-hybridized carbons (Fsp3) is 0.731. The van der Waals surface area contributed by atoms with Gasteiger partial charge in [0.05, 0.1) is 0 Å². The zero-order valence-corrected chi connectivity index (χ0v) is 20.9. The van der Waals surface area contributed by atoms with Crippen LogP contribution >= 0.6 is 15.9 Å². The molecule has 1 aromatic rings. The molecule has 4 heteroatoms. The molecule has 0 aliphatic carbocycles. The molecule has 3 nitrogen and oxygen atoms in total. The number of hydrogen-bond donors (Lipinski definition) is 2. The summed E-state index contributed by atoms with van der Waals surface area (Å²) in [4.78, 5) is 11.4. The van der Waals surface area contributed by atoms with Gasteiger partial charge in [-0.15, -0.1) is 0 Å². The van der Waals surface area contributed by atoms with Crippen molar-refractivity contribution in [1.29, 1.82) is 0 Å². The quantitative estimate of drug-likeness (QED) is 0.146. The Morgan fingerprint density at radius 3 is 1.87 bits per heavy atom. The molecule has 0 fully saturated rings. The molecule has 0 saturated carbocycles. The third kappa shape index (κ3) is 13.3. The van der Waals surface area contributed by atoms with Gasteiger partial charge in [-0.1, -0.05) is 106 Å². The van der Waals surface area contributed by atoms with Gasteiger partial charge in [-0.05, 0) is 43.0 Å². The van der Waals surface area contributed by atoms with Gasteiger partial charge in [-0.2, -0.15) is 0 Å². The van der Waals surface area contributed by atoms with E-state index in [2.05, 4.69) is 28.2 Å². The normalized spacial score (nSPS) is 11.0. The SMILES string of the molecule is CCCCCCCCCCCCCCCCNc1ccc(C(N)=O)cc1CCCBr. The molecule has 0 spiro atoms. The summed E-state index contributed by atoms with van der Waals surface area (Å²) >= 11 is 3.49. The Bertz CT molecular complexity index is 562. The van der Waals surface area contributed by atoms with Crippen LogP contribution in [0.1, 0.15) is 119 Å². The van der Waals surface area contributed by atoms with Crippen molar-refractivity contribution in [1.82, 2.24) is 0 Å². The number of halogens is 1. The number of benzene rings is 1. The highest BCUT2D eigenvalue weighted by molar-refractivity contribution is 9.09. The standard InChI is InChI=1S/C26H45BrN2O/c1-2-3-4-5-6-7-8-9-10-11-12-13-14-15-21-29-25-19-18-24(26(28)30)22-23(25)17-16-20-27/h18-19,22,29H,2-17,20-21H2,1H3,(H2,28,30). The van der Waals surface area contributed by atoms with E-state index in [0.717, 1.165) is 30.4 Å². The predicted octanol–water partition coefficient (Wildman–Crippen LogP) is 8.01. The van der Waals surface area contributed by atoms with E-state index in [4.69, 9.17) is 5.73 Å². The van der Waals surface area contributed by atoms with Gasteiger partial charge >= 0.3 is 0 Å². The summed E-state index contributed by atoms with van der Waals surface area (Å²) in [7, 11) is 0. The van der Waals surface area contributed by atoms with Crippen LogP contribution in [0.2, 0.25) is 0 Å². The Hall–Kier alpha value is -1.03. The van der Waals surface area contributed by atoms with Crippen LogP contribution in [0.25, 0.3) is 0 Å². The molecule has 0 aliphatic rings. The van der Waals surface area contributed by atoms with E-state index in [1.807, 2.05) is 18.2 Å². The first kappa shape index (κ1) is 27.0. The summed E-state index contributed by atoms with van der Waals surface area (Å²) in [6, 6.07) is 5.78. The molecular formula is C26H45BrN2O. The molecule has 30 heavy (non-hydrogen) atoms. The van der Waals surface area contributed by atoms with E-state index in [0.29, 0.717) is 5.56 Å².